The highest BCUT2D eigenvalue weighted by Crippen LogP contribution is 2.35. The molecule has 1 aliphatic heterocycles. The van der Waals surface area contributed by atoms with Crippen LogP contribution in [0.4, 0.5) is 11.5 Å². The average molecular weight is 364 g/mol. The first-order chi connectivity index (χ1) is 13.2. The van der Waals surface area contributed by atoms with Crippen LogP contribution in [0.1, 0.15) is 0 Å². The minimum absolute atomic E-state index is 0.0864. The van der Waals surface area contributed by atoms with E-state index in [1.807, 2.05) is 42.5 Å². The number of hydrogen-bond acceptors (Lipinski definition) is 6. The Balaban J connectivity index is 1.35. The van der Waals surface area contributed by atoms with Gasteiger partial charge in [-0.3, -0.25) is 9.69 Å². The van der Waals surface area contributed by atoms with Crippen LogP contribution in [0.5, 0.6) is 5.88 Å². The number of aromatic hydroxyl groups is 1. The van der Waals surface area contributed by atoms with E-state index in [-0.39, 0.29) is 18.3 Å². The number of amides is 1. The number of anilines is 1. The summed E-state index contributed by atoms with van der Waals surface area (Å²) in [5.74, 6) is 0.542. The van der Waals surface area contributed by atoms with Crippen molar-refractivity contribution in [3.8, 4) is 5.88 Å². The van der Waals surface area contributed by atoms with Crippen LogP contribution in [0.2, 0.25) is 0 Å². The number of piperazine rings is 1. The van der Waals surface area contributed by atoms with E-state index < -0.39 is 0 Å². The number of carbonyl (C=O) groups is 1. The summed E-state index contributed by atoms with van der Waals surface area (Å²) in [6.45, 7) is 3.35. The zero-order valence-corrected chi connectivity index (χ0v) is 14.7. The predicted molar refractivity (Wildman–Crippen MR) is 102 cm³/mol. The first-order valence-electron chi connectivity index (χ1n) is 8.83. The van der Waals surface area contributed by atoms with Gasteiger partial charge in [0, 0.05) is 37.8 Å². The van der Waals surface area contributed by atoms with E-state index in [4.69, 9.17) is 0 Å². The molecule has 4 rings (SSSR count). The lowest BCUT2D eigenvalue weighted by atomic mass is 10.2. The lowest BCUT2D eigenvalue weighted by Crippen LogP contribution is -2.48. The van der Waals surface area contributed by atoms with E-state index in [0.29, 0.717) is 5.69 Å². The Bertz CT molecular complexity index is 961. The topological polar surface area (TPSA) is 97.2 Å². The molecule has 2 N–H and O–H groups in total. The SMILES string of the molecule is O=C(CN1CCN(c2ccccn2)CC1)N=Nc1c(O)[nH]c2ccccc12. The standard InChI is InChI=1S/C19H20N6O2/c26-17(22-23-18-14-5-1-2-6-15(14)21-19(18)27)13-24-9-11-25(12-10-24)16-7-3-4-8-20-16/h1-8,21,27H,9-13H2. The van der Waals surface area contributed by atoms with E-state index in [0.717, 1.165) is 42.9 Å². The molecule has 27 heavy (non-hydrogen) atoms. The second kappa shape index (κ2) is 7.55. The summed E-state index contributed by atoms with van der Waals surface area (Å²) in [4.78, 5) is 23.6. The van der Waals surface area contributed by atoms with E-state index in [1.165, 1.54) is 0 Å². The minimum Gasteiger partial charge on any atom is -0.493 e. The summed E-state index contributed by atoms with van der Waals surface area (Å²) in [6.07, 6.45) is 1.78. The van der Waals surface area contributed by atoms with Crippen molar-refractivity contribution in [3.05, 3.63) is 48.7 Å². The number of fused-ring (bicyclic) bond motifs is 1. The smallest absolute Gasteiger partial charge is 0.278 e. The van der Waals surface area contributed by atoms with Gasteiger partial charge in [-0.15, -0.1) is 10.2 Å². The fraction of sp³-hybridized carbons (Fsp3) is 0.263. The molecule has 1 aliphatic rings. The van der Waals surface area contributed by atoms with Crippen molar-refractivity contribution in [1.29, 1.82) is 0 Å². The van der Waals surface area contributed by atoms with Gasteiger partial charge in [0.2, 0.25) is 5.88 Å². The zero-order chi connectivity index (χ0) is 18.6. The summed E-state index contributed by atoms with van der Waals surface area (Å²) in [6, 6.07) is 13.2. The van der Waals surface area contributed by atoms with E-state index in [2.05, 4.69) is 30.0 Å². The molecule has 3 heterocycles. The molecular formula is C19H20N6O2. The summed E-state index contributed by atoms with van der Waals surface area (Å²) in [5, 5.41) is 18.5. The molecule has 0 bridgehead atoms. The van der Waals surface area contributed by atoms with Crippen LogP contribution < -0.4 is 4.90 Å². The van der Waals surface area contributed by atoms with E-state index >= 15 is 0 Å². The van der Waals surface area contributed by atoms with Crippen LogP contribution in [0.25, 0.3) is 10.9 Å². The third-order valence-corrected chi connectivity index (χ3v) is 4.63. The van der Waals surface area contributed by atoms with Crippen LogP contribution in [-0.2, 0) is 4.79 Å². The molecule has 0 unspecified atom stereocenters. The number of benzene rings is 1. The number of aromatic nitrogens is 2. The quantitative estimate of drug-likeness (QED) is 0.694. The zero-order valence-electron chi connectivity index (χ0n) is 14.7. The number of hydrogen-bond donors (Lipinski definition) is 2. The van der Waals surface area contributed by atoms with Gasteiger partial charge in [-0.2, -0.15) is 0 Å². The number of pyridine rings is 1. The molecule has 0 saturated carbocycles. The van der Waals surface area contributed by atoms with Crippen molar-refractivity contribution in [2.24, 2.45) is 10.2 Å². The van der Waals surface area contributed by atoms with Gasteiger partial charge in [0.05, 0.1) is 12.1 Å². The average Bonchev–Trinajstić information content (AvgIpc) is 3.03. The number of azo groups is 1. The van der Waals surface area contributed by atoms with Crippen LogP contribution in [0, 0.1) is 0 Å². The molecule has 0 spiro atoms. The van der Waals surface area contributed by atoms with Gasteiger partial charge in [-0.1, -0.05) is 24.3 Å². The highest BCUT2D eigenvalue weighted by Gasteiger charge is 2.20. The Morgan fingerprint density at radius 1 is 1.11 bits per heavy atom. The summed E-state index contributed by atoms with van der Waals surface area (Å²) in [7, 11) is 0. The fourth-order valence-corrected chi connectivity index (χ4v) is 3.22. The highest BCUT2D eigenvalue weighted by atomic mass is 16.3. The van der Waals surface area contributed by atoms with E-state index in [9.17, 15) is 9.90 Å². The molecule has 1 amide bonds. The van der Waals surface area contributed by atoms with Crippen LogP contribution in [-0.4, -0.2) is 58.6 Å². The van der Waals surface area contributed by atoms with Crippen LogP contribution >= 0.6 is 0 Å². The second-order valence-corrected chi connectivity index (χ2v) is 6.41. The van der Waals surface area contributed by atoms with Crippen molar-refractivity contribution in [1.82, 2.24) is 14.9 Å². The molecule has 0 atom stereocenters. The molecule has 3 aromatic rings. The van der Waals surface area contributed by atoms with Gasteiger partial charge < -0.3 is 15.0 Å². The summed E-state index contributed by atoms with van der Waals surface area (Å²) in [5.41, 5.74) is 1.04. The van der Waals surface area contributed by atoms with Gasteiger partial charge in [-0.05, 0) is 18.2 Å². The normalized spacial score (nSPS) is 15.6. The molecule has 1 fully saturated rings. The van der Waals surface area contributed by atoms with Crippen LogP contribution in [0.15, 0.2) is 58.9 Å². The van der Waals surface area contributed by atoms with Gasteiger partial charge >= 0.3 is 0 Å². The van der Waals surface area contributed by atoms with Gasteiger partial charge in [0.1, 0.15) is 5.82 Å². The molecule has 1 saturated heterocycles. The van der Waals surface area contributed by atoms with Gasteiger partial charge in [-0.25, -0.2) is 4.98 Å². The number of nitrogens with zero attached hydrogens (tertiary/aromatic N) is 5. The van der Waals surface area contributed by atoms with Crippen molar-refractivity contribution < 1.29 is 9.90 Å². The molecule has 0 radical (unpaired) electrons. The molecule has 8 nitrogen and oxygen atoms in total. The molecule has 2 aromatic heterocycles. The number of carbonyl (C=O) groups excluding carboxylic acids is 1. The first-order valence-corrected chi connectivity index (χ1v) is 8.83. The first kappa shape index (κ1) is 17.2. The minimum atomic E-state index is -0.328. The highest BCUT2D eigenvalue weighted by molar-refractivity contribution is 5.94. The second-order valence-electron chi connectivity index (χ2n) is 6.41. The molecule has 138 valence electrons. The Hall–Kier alpha value is -3.26. The maximum atomic E-state index is 12.2. The molecule has 8 heteroatoms. The number of para-hydroxylation sites is 1. The number of nitrogens with one attached hydrogen (secondary N) is 1. The maximum Gasteiger partial charge on any atom is 0.278 e. The van der Waals surface area contributed by atoms with Crippen molar-refractivity contribution in [2.45, 2.75) is 0 Å². The van der Waals surface area contributed by atoms with Gasteiger partial charge in [0.15, 0.2) is 5.69 Å². The Kier molecular flexibility index (Phi) is 4.80. The number of H-pyrrole nitrogens is 1. The Morgan fingerprint density at radius 2 is 1.89 bits per heavy atom. The van der Waals surface area contributed by atoms with Gasteiger partial charge in [0.25, 0.3) is 5.91 Å². The van der Waals surface area contributed by atoms with E-state index in [1.54, 1.807) is 6.20 Å². The molecule has 0 aliphatic carbocycles. The lowest BCUT2D eigenvalue weighted by molar-refractivity contribution is -0.119. The number of aromatic amines is 1. The molecular weight excluding hydrogens is 344 g/mol. The largest absolute Gasteiger partial charge is 0.493 e. The molecule has 1 aromatic carbocycles. The lowest BCUT2D eigenvalue weighted by Gasteiger charge is -2.34. The predicted octanol–water partition coefficient (Wildman–Crippen LogP) is 2.70. The summed E-state index contributed by atoms with van der Waals surface area (Å²) < 4.78 is 0. The third-order valence-electron chi connectivity index (χ3n) is 4.63. The van der Waals surface area contributed by atoms with Crippen molar-refractivity contribution >= 4 is 28.3 Å². The number of rotatable bonds is 4. The van der Waals surface area contributed by atoms with Crippen LogP contribution in [0.3, 0.4) is 0 Å². The monoisotopic (exact) mass is 364 g/mol. The third kappa shape index (κ3) is 3.80. The van der Waals surface area contributed by atoms with Crippen molar-refractivity contribution in [3.63, 3.8) is 0 Å². The Morgan fingerprint density at radius 3 is 2.67 bits per heavy atom. The fourth-order valence-electron chi connectivity index (χ4n) is 3.22. The summed E-state index contributed by atoms with van der Waals surface area (Å²) >= 11 is 0. The Labute approximate surface area is 156 Å². The van der Waals surface area contributed by atoms with Crippen molar-refractivity contribution in [2.75, 3.05) is 37.6 Å². The maximum absolute atomic E-state index is 12.2.